The van der Waals surface area contributed by atoms with Crippen molar-refractivity contribution in [2.24, 2.45) is 0 Å². The van der Waals surface area contributed by atoms with Crippen LogP contribution in [0.5, 0.6) is 0 Å². The number of alkyl halides is 3. The van der Waals surface area contributed by atoms with Crippen LogP contribution in [0.3, 0.4) is 0 Å². The predicted molar refractivity (Wildman–Crippen MR) is 61.6 cm³/mol. The molecule has 0 amide bonds. The summed E-state index contributed by atoms with van der Waals surface area (Å²) in [4.78, 5) is 11.1. The molecule has 5 heteroatoms. The van der Waals surface area contributed by atoms with Gasteiger partial charge >= 0.3 is 6.18 Å². The number of carbonyl (C=O) groups is 1. The van der Waals surface area contributed by atoms with Crippen LogP contribution >= 0.6 is 11.3 Å². The molecule has 2 aromatic rings. The summed E-state index contributed by atoms with van der Waals surface area (Å²) in [6.07, 6.45) is -4.49. The topological polar surface area (TPSA) is 17.1 Å². The molecule has 1 nitrogen and oxygen atoms in total. The van der Waals surface area contributed by atoms with E-state index in [0.717, 1.165) is 23.8 Å². The Kier molecular flexibility index (Phi) is 2.73. The second-order valence-corrected chi connectivity index (χ2v) is 4.91. The molecule has 0 radical (unpaired) electrons. The number of benzene rings is 1. The molecule has 17 heavy (non-hydrogen) atoms. The molecule has 0 unspecified atom stereocenters. The molecule has 0 atom stereocenters. The Morgan fingerprint density at radius 2 is 1.94 bits per heavy atom. The van der Waals surface area contributed by atoms with Gasteiger partial charge in [0.2, 0.25) is 0 Å². The third-order valence-electron chi connectivity index (χ3n) is 2.45. The minimum atomic E-state index is -4.49. The van der Waals surface area contributed by atoms with Gasteiger partial charge in [0.05, 0.1) is 10.4 Å². The lowest BCUT2D eigenvalue weighted by Crippen LogP contribution is -2.09. The molecule has 0 spiro atoms. The Balaban J connectivity index is 2.87. The monoisotopic (exact) mass is 258 g/mol. The number of Topliss-reactive ketones (excluding diaryl/α,β-unsaturated/α-hetero) is 1. The van der Waals surface area contributed by atoms with Crippen molar-refractivity contribution < 1.29 is 18.0 Å². The van der Waals surface area contributed by atoms with Crippen LogP contribution in [0, 0.1) is 6.92 Å². The first-order valence-electron chi connectivity index (χ1n) is 4.92. The van der Waals surface area contributed by atoms with E-state index in [1.807, 2.05) is 0 Å². The summed E-state index contributed by atoms with van der Waals surface area (Å²) in [6, 6.07) is 4.83. The summed E-state index contributed by atoms with van der Waals surface area (Å²) < 4.78 is 39.4. The maximum absolute atomic E-state index is 13.0. The minimum Gasteiger partial charge on any atom is -0.294 e. The molecule has 0 saturated heterocycles. The number of rotatable bonds is 1. The highest BCUT2D eigenvalue weighted by molar-refractivity contribution is 7.21. The van der Waals surface area contributed by atoms with Crippen LogP contribution < -0.4 is 0 Å². The molecule has 90 valence electrons. The Hall–Kier alpha value is -1.36. The quantitative estimate of drug-likeness (QED) is 0.691. The minimum absolute atomic E-state index is 0.118. The Bertz CT molecular complexity index is 596. The van der Waals surface area contributed by atoms with Crippen molar-refractivity contribution in [3.63, 3.8) is 0 Å². The van der Waals surface area contributed by atoms with Gasteiger partial charge in [-0.2, -0.15) is 13.2 Å². The number of carbonyl (C=O) groups excluding carboxylic acids is 1. The van der Waals surface area contributed by atoms with Gasteiger partial charge in [-0.1, -0.05) is 11.6 Å². The molecule has 2 rings (SSSR count). The summed E-state index contributed by atoms with van der Waals surface area (Å²) in [5.74, 6) is -0.545. The zero-order chi connectivity index (χ0) is 12.8. The fourth-order valence-electron chi connectivity index (χ4n) is 1.74. The zero-order valence-corrected chi connectivity index (χ0v) is 10.00. The highest BCUT2D eigenvalue weighted by Gasteiger charge is 2.38. The Morgan fingerprint density at radius 1 is 1.29 bits per heavy atom. The van der Waals surface area contributed by atoms with Crippen molar-refractivity contribution in [1.29, 1.82) is 0 Å². The standard InChI is InChI=1S/C12H9F3OS/c1-6-3-4-9-8(5-6)10(12(13,14)15)11(17-9)7(2)16/h3-5H,1-2H3. The molecule has 1 aromatic carbocycles. The van der Waals surface area contributed by atoms with Gasteiger partial charge in [0.25, 0.3) is 0 Å². The van der Waals surface area contributed by atoms with E-state index in [1.165, 1.54) is 6.07 Å². The van der Waals surface area contributed by atoms with Crippen molar-refractivity contribution in [1.82, 2.24) is 0 Å². The maximum Gasteiger partial charge on any atom is 0.418 e. The Labute approximate surface area is 99.9 Å². The maximum atomic E-state index is 13.0. The van der Waals surface area contributed by atoms with Gasteiger partial charge in [-0.25, -0.2) is 0 Å². The summed E-state index contributed by atoms with van der Waals surface area (Å²) in [6.45, 7) is 2.89. The average molecular weight is 258 g/mol. The molecular weight excluding hydrogens is 249 g/mol. The highest BCUT2D eigenvalue weighted by atomic mass is 32.1. The van der Waals surface area contributed by atoms with Crippen LogP contribution in [0.4, 0.5) is 13.2 Å². The first-order valence-corrected chi connectivity index (χ1v) is 5.73. The predicted octanol–water partition coefficient (Wildman–Crippen LogP) is 4.43. The van der Waals surface area contributed by atoms with E-state index in [2.05, 4.69) is 0 Å². The lowest BCUT2D eigenvalue weighted by molar-refractivity contribution is -0.136. The van der Waals surface area contributed by atoms with Gasteiger partial charge in [-0.3, -0.25) is 4.79 Å². The molecular formula is C12H9F3OS. The molecule has 0 aliphatic carbocycles. The summed E-state index contributed by atoms with van der Waals surface area (Å²) in [5, 5.41) is 0.118. The third kappa shape index (κ3) is 2.07. The number of halogens is 3. The van der Waals surface area contributed by atoms with E-state index in [0.29, 0.717) is 4.70 Å². The van der Waals surface area contributed by atoms with Gasteiger partial charge in [0, 0.05) is 10.1 Å². The number of ketones is 1. The SMILES string of the molecule is CC(=O)c1sc2ccc(C)cc2c1C(F)(F)F. The van der Waals surface area contributed by atoms with Crippen LogP contribution in [0.25, 0.3) is 10.1 Å². The van der Waals surface area contributed by atoms with Crippen LogP contribution in [0.2, 0.25) is 0 Å². The van der Waals surface area contributed by atoms with Crippen molar-refractivity contribution in [3.8, 4) is 0 Å². The molecule has 0 N–H and O–H groups in total. The van der Waals surface area contributed by atoms with Crippen LogP contribution in [0.1, 0.15) is 27.7 Å². The summed E-state index contributed by atoms with van der Waals surface area (Å²) in [5.41, 5.74) is -0.0513. The first-order chi connectivity index (χ1) is 7.80. The number of hydrogen-bond acceptors (Lipinski definition) is 2. The molecule has 0 aliphatic rings. The number of aryl methyl sites for hydroxylation is 1. The molecule has 0 bridgehead atoms. The van der Waals surface area contributed by atoms with E-state index >= 15 is 0 Å². The van der Waals surface area contributed by atoms with E-state index in [-0.39, 0.29) is 10.3 Å². The molecule has 0 aliphatic heterocycles. The molecule has 1 heterocycles. The molecule has 1 aromatic heterocycles. The normalized spacial score (nSPS) is 12.1. The summed E-state index contributed by atoms with van der Waals surface area (Å²) in [7, 11) is 0. The second kappa shape index (κ2) is 3.84. The van der Waals surface area contributed by atoms with Gasteiger partial charge in [0.1, 0.15) is 0 Å². The van der Waals surface area contributed by atoms with Crippen LogP contribution in [0.15, 0.2) is 18.2 Å². The lowest BCUT2D eigenvalue weighted by atomic mass is 10.1. The van der Waals surface area contributed by atoms with E-state index < -0.39 is 17.5 Å². The van der Waals surface area contributed by atoms with E-state index in [1.54, 1.807) is 19.1 Å². The van der Waals surface area contributed by atoms with E-state index in [9.17, 15) is 18.0 Å². The average Bonchev–Trinajstić information content (AvgIpc) is 2.55. The smallest absolute Gasteiger partial charge is 0.294 e. The Morgan fingerprint density at radius 3 is 2.47 bits per heavy atom. The van der Waals surface area contributed by atoms with Crippen molar-refractivity contribution in [2.45, 2.75) is 20.0 Å². The number of hydrogen-bond donors (Lipinski definition) is 0. The van der Waals surface area contributed by atoms with Crippen LogP contribution in [-0.4, -0.2) is 5.78 Å². The van der Waals surface area contributed by atoms with Gasteiger partial charge in [-0.05, 0) is 26.0 Å². The van der Waals surface area contributed by atoms with Crippen molar-refractivity contribution in [3.05, 3.63) is 34.2 Å². The summed E-state index contributed by atoms with van der Waals surface area (Å²) >= 11 is 0.898. The fourth-order valence-corrected chi connectivity index (χ4v) is 2.84. The number of thiophene rings is 1. The highest BCUT2D eigenvalue weighted by Crippen LogP contribution is 2.42. The lowest BCUT2D eigenvalue weighted by Gasteiger charge is -2.07. The van der Waals surface area contributed by atoms with E-state index in [4.69, 9.17) is 0 Å². The third-order valence-corrected chi connectivity index (χ3v) is 3.72. The fraction of sp³-hybridized carbons (Fsp3) is 0.250. The van der Waals surface area contributed by atoms with Gasteiger partial charge in [-0.15, -0.1) is 11.3 Å². The molecule has 0 fully saturated rings. The van der Waals surface area contributed by atoms with Crippen molar-refractivity contribution >= 4 is 27.2 Å². The van der Waals surface area contributed by atoms with Crippen LogP contribution in [-0.2, 0) is 6.18 Å². The largest absolute Gasteiger partial charge is 0.418 e. The number of fused-ring (bicyclic) bond motifs is 1. The molecule has 0 saturated carbocycles. The first kappa shape index (κ1) is 12.1. The van der Waals surface area contributed by atoms with Gasteiger partial charge < -0.3 is 0 Å². The zero-order valence-electron chi connectivity index (χ0n) is 9.18. The van der Waals surface area contributed by atoms with Gasteiger partial charge in [0.15, 0.2) is 5.78 Å². The second-order valence-electron chi connectivity index (χ2n) is 3.86. The van der Waals surface area contributed by atoms with Crippen molar-refractivity contribution in [2.75, 3.05) is 0 Å².